The molecule has 5 rings (SSSR count). The van der Waals surface area contributed by atoms with Gasteiger partial charge < -0.3 is 9.47 Å². The fourth-order valence-electron chi connectivity index (χ4n) is 4.02. The van der Waals surface area contributed by atoms with E-state index in [-0.39, 0.29) is 17.9 Å². The molecule has 0 bridgehead atoms. The second-order valence-electron chi connectivity index (χ2n) is 7.82. The molecule has 9 nitrogen and oxygen atoms in total. The maximum Gasteiger partial charge on any atom is 0.240 e. The van der Waals surface area contributed by atoms with Crippen molar-refractivity contribution in [2.24, 2.45) is 5.10 Å². The summed E-state index contributed by atoms with van der Waals surface area (Å²) in [6.07, 6.45) is 1.41. The van der Waals surface area contributed by atoms with E-state index in [1.54, 1.807) is 30.3 Å². The summed E-state index contributed by atoms with van der Waals surface area (Å²) in [5.41, 5.74) is 2.81. The lowest BCUT2D eigenvalue weighted by molar-refractivity contribution is -0.130. The van der Waals surface area contributed by atoms with Crippen molar-refractivity contribution in [1.82, 2.24) is 9.99 Å². The standard InChI is InChI=1S/C22H19ClN4O5S/c1-12(28)27-19(9-18(25-27)14-5-3-4-6-16(14)26-33(2,29)30)15-7-13-8-20-21(32-11-31-20)10-17(13)24-22(15)23/h3-8,10,19,26H,9,11H2,1-2H3/t19-/m0/s1. The van der Waals surface area contributed by atoms with E-state index in [2.05, 4.69) is 14.8 Å². The van der Waals surface area contributed by atoms with Gasteiger partial charge in [-0.1, -0.05) is 29.8 Å². The summed E-state index contributed by atoms with van der Waals surface area (Å²) in [4.78, 5) is 17.0. The Morgan fingerprint density at radius 1 is 1.18 bits per heavy atom. The molecular formula is C22H19ClN4O5S. The first-order valence-electron chi connectivity index (χ1n) is 10.0. The molecule has 0 unspecified atom stereocenters. The smallest absolute Gasteiger partial charge is 0.240 e. The van der Waals surface area contributed by atoms with Crippen LogP contribution in [-0.2, 0) is 14.8 Å². The Hall–Kier alpha value is -3.37. The molecule has 33 heavy (non-hydrogen) atoms. The summed E-state index contributed by atoms with van der Waals surface area (Å²) in [5, 5.41) is 6.91. The van der Waals surface area contributed by atoms with Gasteiger partial charge in [0.2, 0.25) is 22.7 Å². The van der Waals surface area contributed by atoms with E-state index in [1.807, 2.05) is 12.1 Å². The van der Waals surface area contributed by atoms with Gasteiger partial charge in [0.05, 0.1) is 29.2 Å². The SMILES string of the molecule is CC(=O)N1N=C(c2ccccc2NS(C)(=O)=O)C[C@H]1c1cc2cc3c(cc2nc1Cl)OCO3. The van der Waals surface area contributed by atoms with E-state index in [0.29, 0.717) is 46.0 Å². The Kier molecular flexibility index (Phi) is 5.13. The van der Waals surface area contributed by atoms with Gasteiger partial charge in [-0.3, -0.25) is 9.52 Å². The number of halogens is 1. The molecule has 0 saturated carbocycles. The first kappa shape index (κ1) is 21.5. The van der Waals surface area contributed by atoms with E-state index in [4.69, 9.17) is 21.1 Å². The maximum absolute atomic E-state index is 12.5. The van der Waals surface area contributed by atoms with Gasteiger partial charge in [0.15, 0.2) is 11.5 Å². The van der Waals surface area contributed by atoms with Crippen LogP contribution in [0.15, 0.2) is 47.6 Å². The van der Waals surface area contributed by atoms with E-state index in [1.165, 1.54) is 11.9 Å². The number of sulfonamides is 1. The number of nitrogens with zero attached hydrogens (tertiary/aromatic N) is 3. The van der Waals surface area contributed by atoms with Gasteiger partial charge in [-0.15, -0.1) is 0 Å². The van der Waals surface area contributed by atoms with Crippen molar-refractivity contribution in [2.75, 3.05) is 17.8 Å². The van der Waals surface area contributed by atoms with Gasteiger partial charge in [0.1, 0.15) is 5.15 Å². The molecular weight excluding hydrogens is 468 g/mol. The van der Waals surface area contributed by atoms with E-state index >= 15 is 0 Å². The third kappa shape index (κ3) is 4.07. The number of pyridine rings is 1. The van der Waals surface area contributed by atoms with Crippen LogP contribution >= 0.6 is 11.6 Å². The molecule has 170 valence electrons. The Morgan fingerprint density at radius 2 is 1.91 bits per heavy atom. The Balaban J connectivity index is 1.56. The molecule has 11 heteroatoms. The van der Waals surface area contributed by atoms with Crippen molar-refractivity contribution in [3.8, 4) is 11.5 Å². The van der Waals surface area contributed by atoms with Crippen LogP contribution in [0.25, 0.3) is 10.9 Å². The zero-order valence-corrected chi connectivity index (χ0v) is 19.3. The van der Waals surface area contributed by atoms with Gasteiger partial charge >= 0.3 is 0 Å². The number of carbonyl (C=O) groups is 1. The largest absolute Gasteiger partial charge is 0.454 e. The summed E-state index contributed by atoms with van der Waals surface area (Å²) >= 11 is 6.55. The normalized spacial score (nSPS) is 17.4. The Morgan fingerprint density at radius 3 is 2.64 bits per heavy atom. The van der Waals surface area contributed by atoms with Crippen LogP contribution in [0, 0.1) is 0 Å². The molecule has 2 aromatic carbocycles. The average molecular weight is 487 g/mol. The molecule has 2 aliphatic heterocycles. The van der Waals surface area contributed by atoms with Gasteiger partial charge in [-0.05, 0) is 18.2 Å². The second-order valence-corrected chi connectivity index (χ2v) is 9.92. The van der Waals surface area contributed by atoms with Crippen molar-refractivity contribution in [1.29, 1.82) is 0 Å². The molecule has 0 spiro atoms. The van der Waals surface area contributed by atoms with Gasteiger partial charge in [-0.2, -0.15) is 5.10 Å². The van der Waals surface area contributed by atoms with Crippen LogP contribution in [0.3, 0.4) is 0 Å². The summed E-state index contributed by atoms with van der Waals surface area (Å²) in [6.45, 7) is 1.56. The number of hydrogen-bond donors (Lipinski definition) is 1. The van der Waals surface area contributed by atoms with E-state index in [9.17, 15) is 13.2 Å². The maximum atomic E-state index is 12.5. The van der Waals surface area contributed by atoms with Crippen molar-refractivity contribution in [3.63, 3.8) is 0 Å². The number of aromatic nitrogens is 1. The van der Waals surface area contributed by atoms with Crippen molar-refractivity contribution >= 4 is 49.8 Å². The average Bonchev–Trinajstić information content (AvgIpc) is 3.37. The molecule has 0 radical (unpaired) electrons. The van der Waals surface area contributed by atoms with E-state index in [0.717, 1.165) is 11.6 Å². The van der Waals surface area contributed by atoms with Crippen LogP contribution in [-0.4, -0.2) is 43.1 Å². The highest BCUT2D eigenvalue weighted by molar-refractivity contribution is 7.92. The molecule has 1 atom stereocenters. The number of carbonyl (C=O) groups excluding carboxylic acids is 1. The van der Waals surface area contributed by atoms with Crippen LogP contribution in [0.1, 0.15) is 30.5 Å². The fraction of sp³-hybridized carbons (Fsp3) is 0.227. The monoisotopic (exact) mass is 486 g/mol. The molecule has 3 aromatic rings. The lowest BCUT2D eigenvalue weighted by Crippen LogP contribution is -2.24. The van der Waals surface area contributed by atoms with Crippen molar-refractivity contribution in [3.05, 3.63) is 58.7 Å². The molecule has 3 heterocycles. The highest BCUT2D eigenvalue weighted by atomic mass is 35.5. The Bertz CT molecular complexity index is 1440. The summed E-state index contributed by atoms with van der Waals surface area (Å²) in [7, 11) is -3.50. The zero-order valence-electron chi connectivity index (χ0n) is 17.7. The second kappa shape index (κ2) is 7.89. The lowest BCUT2D eigenvalue weighted by Gasteiger charge is -2.21. The first-order chi connectivity index (χ1) is 15.7. The number of hydrogen-bond acceptors (Lipinski definition) is 7. The predicted octanol–water partition coefficient (Wildman–Crippen LogP) is 3.69. The van der Waals surface area contributed by atoms with Gasteiger partial charge in [-0.25, -0.2) is 18.4 Å². The minimum Gasteiger partial charge on any atom is -0.454 e. The molecule has 0 aliphatic carbocycles. The van der Waals surface area contributed by atoms with Crippen LogP contribution in [0.4, 0.5) is 5.69 Å². The Labute approximate surface area is 195 Å². The zero-order chi connectivity index (χ0) is 23.3. The molecule has 1 amide bonds. The number of nitrogens with one attached hydrogen (secondary N) is 1. The summed E-state index contributed by atoms with van der Waals surface area (Å²) in [5.74, 6) is 0.946. The first-order valence-corrected chi connectivity index (χ1v) is 12.3. The van der Waals surface area contributed by atoms with Crippen LogP contribution in [0.2, 0.25) is 5.15 Å². The topological polar surface area (TPSA) is 110 Å². The van der Waals surface area contributed by atoms with Gasteiger partial charge in [0, 0.05) is 35.9 Å². The van der Waals surface area contributed by atoms with Crippen molar-refractivity contribution < 1.29 is 22.7 Å². The van der Waals surface area contributed by atoms with Crippen LogP contribution < -0.4 is 14.2 Å². The number of rotatable bonds is 4. The highest BCUT2D eigenvalue weighted by Crippen LogP contribution is 2.41. The minimum absolute atomic E-state index is 0.144. The number of anilines is 1. The quantitative estimate of drug-likeness (QED) is 0.563. The number of hydrazone groups is 1. The summed E-state index contributed by atoms with van der Waals surface area (Å²) in [6, 6.07) is 11.9. The number of ether oxygens (including phenoxy) is 2. The lowest BCUT2D eigenvalue weighted by atomic mass is 9.97. The third-order valence-corrected chi connectivity index (χ3v) is 6.31. The number of benzene rings is 2. The number of fused-ring (bicyclic) bond motifs is 2. The van der Waals surface area contributed by atoms with Crippen LogP contribution in [0.5, 0.6) is 11.5 Å². The predicted molar refractivity (Wildman–Crippen MR) is 124 cm³/mol. The molecule has 1 aromatic heterocycles. The molecule has 0 saturated heterocycles. The number of amides is 1. The van der Waals surface area contributed by atoms with Crippen molar-refractivity contribution in [2.45, 2.75) is 19.4 Å². The van der Waals surface area contributed by atoms with Gasteiger partial charge in [0.25, 0.3) is 0 Å². The number of para-hydroxylation sites is 1. The molecule has 2 aliphatic rings. The molecule has 1 N–H and O–H groups in total. The summed E-state index contributed by atoms with van der Waals surface area (Å²) < 4.78 is 37.0. The third-order valence-electron chi connectivity index (χ3n) is 5.42. The fourth-order valence-corrected chi connectivity index (χ4v) is 4.87. The minimum atomic E-state index is -3.50. The van der Waals surface area contributed by atoms with E-state index < -0.39 is 16.1 Å². The highest BCUT2D eigenvalue weighted by Gasteiger charge is 2.34. The molecule has 0 fully saturated rings.